The van der Waals surface area contributed by atoms with E-state index >= 15 is 0 Å². The smallest absolute Gasteiger partial charge is 0.226 e. The second-order valence-electron chi connectivity index (χ2n) is 9.79. The molecular weight excluding hydrogens is 454 g/mol. The van der Waals surface area contributed by atoms with Crippen molar-refractivity contribution < 1.29 is 14.3 Å². The number of alkyl halides is 1. The second kappa shape index (κ2) is 9.25. The van der Waals surface area contributed by atoms with E-state index in [1.54, 1.807) is 0 Å². The third-order valence-electron chi connectivity index (χ3n) is 8.36. The lowest BCUT2D eigenvalue weighted by Gasteiger charge is -2.49. The Morgan fingerprint density at radius 2 is 2.03 bits per heavy atom. The summed E-state index contributed by atoms with van der Waals surface area (Å²) in [6.07, 6.45) is 5.47. The number of ketones is 1. The van der Waals surface area contributed by atoms with Crippen molar-refractivity contribution in [1.82, 2.24) is 4.90 Å². The molecule has 0 spiro atoms. The minimum Gasteiger partial charge on any atom is -0.494 e. The van der Waals surface area contributed by atoms with E-state index in [-0.39, 0.29) is 23.2 Å². The zero-order valence-corrected chi connectivity index (χ0v) is 20.7. The highest BCUT2D eigenvalue weighted by molar-refractivity contribution is 9.09. The molecule has 1 amide bonds. The maximum absolute atomic E-state index is 13.4. The number of halogens is 1. The van der Waals surface area contributed by atoms with Crippen LogP contribution in [0.1, 0.15) is 69.9 Å². The van der Waals surface area contributed by atoms with Crippen LogP contribution in [0.25, 0.3) is 0 Å². The fraction of sp³-hybridized carbons (Fsp3) is 0.692. The van der Waals surface area contributed by atoms with Crippen LogP contribution in [-0.4, -0.2) is 41.6 Å². The molecule has 31 heavy (non-hydrogen) atoms. The van der Waals surface area contributed by atoms with Gasteiger partial charge < -0.3 is 9.64 Å². The molecule has 0 N–H and O–H groups in total. The van der Waals surface area contributed by atoms with Gasteiger partial charge in [0.05, 0.1) is 6.61 Å². The number of aryl methyl sites for hydroxylation is 1. The first-order chi connectivity index (χ1) is 14.9. The summed E-state index contributed by atoms with van der Waals surface area (Å²) < 4.78 is 5.92. The first-order valence-corrected chi connectivity index (χ1v) is 13.2. The molecule has 5 atom stereocenters. The molecule has 0 bridgehead atoms. The van der Waals surface area contributed by atoms with Gasteiger partial charge in [0.2, 0.25) is 5.91 Å². The topological polar surface area (TPSA) is 46.6 Å². The van der Waals surface area contributed by atoms with Gasteiger partial charge in [-0.1, -0.05) is 28.9 Å². The molecule has 0 unspecified atom stereocenters. The van der Waals surface area contributed by atoms with Crippen LogP contribution < -0.4 is 4.74 Å². The highest BCUT2D eigenvalue weighted by atomic mass is 79.9. The van der Waals surface area contributed by atoms with E-state index in [1.807, 2.05) is 18.7 Å². The molecule has 3 aliphatic carbocycles. The molecule has 1 aromatic rings. The zero-order valence-electron chi connectivity index (χ0n) is 19.2. The van der Waals surface area contributed by atoms with Crippen LogP contribution in [0.4, 0.5) is 0 Å². The van der Waals surface area contributed by atoms with Crippen LogP contribution in [0.3, 0.4) is 0 Å². The predicted octanol–water partition coefficient (Wildman–Crippen LogP) is 5.37. The Morgan fingerprint density at radius 3 is 2.74 bits per heavy atom. The van der Waals surface area contributed by atoms with E-state index in [1.165, 1.54) is 11.1 Å². The van der Waals surface area contributed by atoms with Gasteiger partial charge in [0, 0.05) is 36.2 Å². The van der Waals surface area contributed by atoms with Gasteiger partial charge in [-0.2, -0.15) is 0 Å². The Morgan fingerprint density at radius 1 is 1.26 bits per heavy atom. The quantitative estimate of drug-likeness (QED) is 0.382. The van der Waals surface area contributed by atoms with Gasteiger partial charge in [0.15, 0.2) is 0 Å². The number of ether oxygens (including phenoxy) is 1. The summed E-state index contributed by atoms with van der Waals surface area (Å²) in [4.78, 5) is 28.5. The van der Waals surface area contributed by atoms with E-state index in [0.717, 1.165) is 62.9 Å². The summed E-state index contributed by atoms with van der Waals surface area (Å²) in [5.74, 6) is 2.40. The van der Waals surface area contributed by atoms with Crippen molar-refractivity contribution in [2.24, 2.45) is 23.2 Å². The third kappa shape index (κ3) is 3.96. The van der Waals surface area contributed by atoms with E-state index in [0.29, 0.717) is 24.0 Å². The minimum atomic E-state index is -0.328. The molecule has 2 fully saturated rings. The molecule has 2 saturated carbocycles. The lowest BCUT2D eigenvalue weighted by atomic mass is 9.54. The van der Waals surface area contributed by atoms with Crippen molar-refractivity contribution in [3.8, 4) is 5.75 Å². The number of benzene rings is 1. The van der Waals surface area contributed by atoms with Crippen LogP contribution in [0.15, 0.2) is 18.2 Å². The number of hydrogen-bond acceptors (Lipinski definition) is 3. The maximum atomic E-state index is 13.4. The molecular formula is C26H36BrNO3. The molecule has 0 saturated heterocycles. The first kappa shape index (κ1) is 22.8. The number of hydrogen-bond donors (Lipinski definition) is 0. The zero-order chi connectivity index (χ0) is 22.2. The van der Waals surface area contributed by atoms with Crippen molar-refractivity contribution in [2.45, 2.75) is 65.2 Å². The van der Waals surface area contributed by atoms with Crippen LogP contribution >= 0.6 is 15.9 Å². The number of fused-ring (bicyclic) bond motifs is 5. The van der Waals surface area contributed by atoms with Gasteiger partial charge >= 0.3 is 0 Å². The first-order valence-electron chi connectivity index (χ1n) is 12.1. The Bertz CT molecular complexity index is 836. The Labute approximate surface area is 195 Å². The van der Waals surface area contributed by atoms with E-state index in [9.17, 15) is 9.59 Å². The fourth-order valence-corrected chi connectivity index (χ4v) is 7.01. The summed E-state index contributed by atoms with van der Waals surface area (Å²) >= 11 is 3.45. The lowest BCUT2D eigenvalue weighted by molar-refractivity contribution is -0.139. The molecule has 4 nitrogen and oxygen atoms in total. The summed E-state index contributed by atoms with van der Waals surface area (Å²) in [5, 5.41) is 0.952. The number of carbonyl (C=O) groups excluding carboxylic acids is 2. The van der Waals surface area contributed by atoms with Gasteiger partial charge in [-0.3, -0.25) is 9.59 Å². The van der Waals surface area contributed by atoms with Crippen molar-refractivity contribution in [3.05, 3.63) is 29.3 Å². The van der Waals surface area contributed by atoms with E-state index in [4.69, 9.17) is 4.74 Å². The van der Waals surface area contributed by atoms with Crippen LogP contribution in [0, 0.1) is 23.2 Å². The Hall–Kier alpha value is -1.36. The lowest BCUT2D eigenvalue weighted by Crippen LogP contribution is -2.47. The fourth-order valence-electron chi connectivity index (χ4n) is 6.78. The molecule has 3 aliphatic rings. The maximum Gasteiger partial charge on any atom is 0.226 e. The van der Waals surface area contributed by atoms with E-state index in [2.05, 4.69) is 41.1 Å². The Kier molecular flexibility index (Phi) is 6.81. The van der Waals surface area contributed by atoms with Crippen molar-refractivity contribution in [3.63, 3.8) is 0 Å². The minimum absolute atomic E-state index is 0.140. The average Bonchev–Trinajstić information content (AvgIpc) is 3.05. The molecule has 0 heterocycles. The van der Waals surface area contributed by atoms with Gasteiger partial charge in [0.25, 0.3) is 0 Å². The van der Waals surface area contributed by atoms with Crippen molar-refractivity contribution in [1.29, 1.82) is 0 Å². The molecule has 0 aliphatic heterocycles. The van der Waals surface area contributed by atoms with Crippen molar-refractivity contribution in [2.75, 3.05) is 25.0 Å². The summed E-state index contributed by atoms with van der Waals surface area (Å²) in [7, 11) is 0. The van der Waals surface area contributed by atoms with Gasteiger partial charge in [-0.05, 0) is 87.0 Å². The van der Waals surface area contributed by atoms with Crippen LogP contribution in [-0.2, 0) is 16.0 Å². The van der Waals surface area contributed by atoms with Crippen LogP contribution in [0.5, 0.6) is 5.75 Å². The number of amides is 1. The van der Waals surface area contributed by atoms with E-state index < -0.39 is 0 Å². The highest BCUT2D eigenvalue weighted by Crippen LogP contribution is 2.61. The summed E-state index contributed by atoms with van der Waals surface area (Å²) in [5.41, 5.74) is 2.50. The van der Waals surface area contributed by atoms with Crippen molar-refractivity contribution >= 4 is 27.6 Å². The van der Waals surface area contributed by atoms with Crippen LogP contribution in [0.2, 0.25) is 0 Å². The molecule has 1 aromatic carbocycles. The molecule has 0 radical (unpaired) electrons. The molecule has 170 valence electrons. The molecule has 0 aromatic heterocycles. The summed E-state index contributed by atoms with van der Waals surface area (Å²) in [6, 6.07) is 6.60. The molecule has 5 heteroatoms. The van der Waals surface area contributed by atoms with Gasteiger partial charge in [-0.15, -0.1) is 0 Å². The predicted molar refractivity (Wildman–Crippen MR) is 127 cm³/mol. The second-order valence-corrected chi connectivity index (χ2v) is 10.6. The van der Waals surface area contributed by atoms with Gasteiger partial charge in [0.1, 0.15) is 11.5 Å². The monoisotopic (exact) mass is 489 g/mol. The average molecular weight is 490 g/mol. The summed E-state index contributed by atoms with van der Waals surface area (Å²) in [6.45, 7) is 8.40. The Balaban J connectivity index is 1.61. The SMILES string of the molecule is CCN(CC)C(=O)[C@H]1CC(=O)[C@@]2(C)CC[C@@H]3c4ccc(OCCCBr)cc4CC[C@H]3[C@H]12. The third-order valence-corrected chi connectivity index (χ3v) is 8.92. The largest absolute Gasteiger partial charge is 0.494 e. The normalized spacial score (nSPS) is 31.5. The number of carbonyl (C=O) groups is 2. The number of Topliss-reactive ketones (excluding diaryl/α,β-unsaturated/α-hetero) is 1. The number of rotatable bonds is 7. The highest BCUT2D eigenvalue weighted by Gasteiger charge is 2.60. The molecule has 4 rings (SSSR count). The van der Waals surface area contributed by atoms with Gasteiger partial charge in [-0.25, -0.2) is 0 Å². The number of nitrogens with zero attached hydrogens (tertiary/aromatic N) is 1. The standard InChI is InChI=1S/C26H36BrNO3/c1-4-28(5-2)25(30)22-16-23(29)26(3)12-11-20-19-10-8-18(31-14-6-13-27)15-17(19)7-9-21(20)24(22)26/h8,10,15,20-22,24H,4-7,9,11-14,16H2,1-3H3/t20-,21-,22+,24-,26-/m1/s1.